The Morgan fingerprint density at radius 3 is 2.00 bits per heavy atom. The van der Waals surface area contributed by atoms with Crippen LogP contribution in [0, 0.1) is 64.4 Å². The topological polar surface area (TPSA) is 130 Å². The fourth-order valence-electron chi connectivity index (χ4n) is 10.5. The number of allylic oxidation sites excluding steroid dienone is 2. The summed E-state index contributed by atoms with van der Waals surface area (Å²) in [5.74, 6) is -3.97. The molecule has 0 unspecified atom stereocenters. The number of nitro benzene ring substituents is 1. The van der Waals surface area contributed by atoms with E-state index < -0.39 is 51.7 Å². The van der Waals surface area contributed by atoms with Crippen LogP contribution in [0.15, 0.2) is 84.0 Å². The fourth-order valence-corrected chi connectivity index (χ4v) is 10.5. The van der Waals surface area contributed by atoms with Gasteiger partial charge in [-0.1, -0.05) is 66.7 Å². The second-order valence-electron chi connectivity index (χ2n) is 14.2. The van der Waals surface area contributed by atoms with E-state index in [1.165, 1.54) is 12.1 Å². The summed E-state index contributed by atoms with van der Waals surface area (Å²) in [7, 11) is 0. The van der Waals surface area contributed by atoms with Crippen molar-refractivity contribution in [2.24, 2.45) is 52.4 Å². The van der Waals surface area contributed by atoms with E-state index in [2.05, 4.69) is 12.2 Å². The van der Waals surface area contributed by atoms with E-state index >= 15 is 0 Å². The van der Waals surface area contributed by atoms with E-state index in [-0.39, 0.29) is 35.0 Å². The van der Waals surface area contributed by atoms with Crippen molar-refractivity contribution in [3.8, 4) is 0 Å². The molecule has 4 bridgehead atoms. The third-order valence-electron chi connectivity index (χ3n) is 12.3. The standard InChI is InChI=1S/C37H28N4O6/c1-17-10-13-26(27(14-17)41(46)47)39-33(42)31-28-20-6-2-4-8-24(20)37(32(31)36(39)45,25-9-5-3-7-21(25)28)16-38-40-34(43)29-18-11-12-19(23-15-22(18)23)30(29)35(40)44/h2-14,16,18-19,22-23,28-32H,15H2,1H3/b38-16-/t18-,19-,22-,23+,28?,29-,30+,31+,32-,37?/m0/s1. The number of hydrazone groups is 1. The van der Waals surface area contributed by atoms with E-state index in [0.29, 0.717) is 17.4 Å². The molecule has 2 saturated heterocycles. The number of nitro groups is 1. The zero-order valence-electron chi connectivity index (χ0n) is 25.2. The Balaban J connectivity index is 1.16. The fraction of sp³-hybridized carbons (Fsp3) is 0.324. The molecule has 4 amide bonds. The molecule has 2 aliphatic heterocycles. The molecule has 0 N–H and O–H groups in total. The van der Waals surface area contributed by atoms with Crippen molar-refractivity contribution in [3.05, 3.63) is 117 Å². The minimum Gasteiger partial charge on any atom is -0.274 e. The summed E-state index contributed by atoms with van der Waals surface area (Å²) in [5.41, 5.74) is 2.17. The number of anilines is 1. The molecule has 232 valence electrons. The first kappa shape index (κ1) is 26.9. The molecule has 47 heavy (non-hydrogen) atoms. The van der Waals surface area contributed by atoms with E-state index in [4.69, 9.17) is 5.10 Å². The molecule has 12 rings (SSSR count). The molecular formula is C37H28N4O6. The average molecular weight is 625 g/mol. The summed E-state index contributed by atoms with van der Waals surface area (Å²) in [6, 6.07) is 19.7. The molecule has 3 aromatic rings. The third-order valence-corrected chi connectivity index (χ3v) is 12.3. The van der Waals surface area contributed by atoms with Crippen molar-refractivity contribution < 1.29 is 24.1 Å². The second kappa shape index (κ2) is 8.76. The van der Waals surface area contributed by atoms with E-state index in [1.807, 2.05) is 48.5 Å². The highest BCUT2D eigenvalue weighted by Crippen LogP contribution is 2.66. The monoisotopic (exact) mass is 624 g/mol. The Morgan fingerprint density at radius 1 is 0.809 bits per heavy atom. The lowest BCUT2D eigenvalue weighted by Gasteiger charge is -2.52. The van der Waals surface area contributed by atoms with Gasteiger partial charge in [-0.05, 0) is 70.9 Å². The van der Waals surface area contributed by atoms with Crippen molar-refractivity contribution in [2.45, 2.75) is 24.7 Å². The second-order valence-corrected chi connectivity index (χ2v) is 14.2. The number of amides is 4. The van der Waals surface area contributed by atoms with Gasteiger partial charge >= 0.3 is 0 Å². The van der Waals surface area contributed by atoms with Crippen LogP contribution in [0.5, 0.6) is 0 Å². The molecule has 10 nitrogen and oxygen atoms in total. The van der Waals surface area contributed by atoms with Gasteiger partial charge in [0.15, 0.2) is 0 Å². The van der Waals surface area contributed by atoms with Crippen LogP contribution in [-0.2, 0) is 24.6 Å². The van der Waals surface area contributed by atoms with Gasteiger partial charge in [0, 0.05) is 18.2 Å². The Bertz CT molecular complexity index is 2020. The van der Waals surface area contributed by atoms with Crippen LogP contribution < -0.4 is 4.90 Å². The maximum Gasteiger partial charge on any atom is 0.293 e. The summed E-state index contributed by atoms with van der Waals surface area (Å²) in [6.45, 7) is 1.71. The lowest BCUT2D eigenvalue weighted by atomic mass is 9.47. The highest BCUT2D eigenvalue weighted by atomic mass is 16.6. The molecule has 0 aromatic heterocycles. The number of nitrogens with zero attached hydrogens (tertiary/aromatic N) is 4. The van der Waals surface area contributed by atoms with Gasteiger partial charge in [0.2, 0.25) is 11.8 Å². The highest BCUT2D eigenvalue weighted by molar-refractivity contribution is 6.26. The summed E-state index contributed by atoms with van der Waals surface area (Å²) in [6.07, 6.45) is 6.82. The summed E-state index contributed by atoms with van der Waals surface area (Å²) in [5, 5.41) is 17.9. The Morgan fingerprint density at radius 2 is 1.40 bits per heavy atom. The van der Waals surface area contributed by atoms with Crippen LogP contribution in [0.25, 0.3) is 0 Å². The average Bonchev–Trinajstić information content (AvgIpc) is 3.81. The van der Waals surface area contributed by atoms with Crippen LogP contribution in [0.4, 0.5) is 11.4 Å². The van der Waals surface area contributed by atoms with Crippen molar-refractivity contribution >= 4 is 41.2 Å². The number of carbonyl (C=O) groups excluding carboxylic acids is 4. The largest absolute Gasteiger partial charge is 0.293 e. The summed E-state index contributed by atoms with van der Waals surface area (Å²) >= 11 is 0. The number of rotatable bonds is 4. The number of benzene rings is 3. The van der Waals surface area contributed by atoms with Gasteiger partial charge in [-0.3, -0.25) is 29.3 Å². The molecule has 4 fully saturated rings. The quantitative estimate of drug-likeness (QED) is 0.138. The molecule has 2 heterocycles. The maximum absolute atomic E-state index is 14.8. The molecule has 0 radical (unpaired) electrons. The molecule has 7 aliphatic carbocycles. The van der Waals surface area contributed by atoms with Gasteiger partial charge in [0.25, 0.3) is 17.5 Å². The SMILES string of the molecule is Cc1ccc(N2C(=O)[C@@H]3C4c5ccccc5C(/C=N\N5C(=O)[C@@H]6[C@H]7C=C[C@@H]([C@@H]8C[C@H]78)[C@@H]6C5=O)(c5ccccc54)[C@@H]3C2=O)c([N+](=O)[O-])c1. The highest BCUT2D eigenvalue weighted by Gasteiger charge is 2.70. The first-order valence-corrected chi connectivity index (χ1v) is 16.2. The zero-order valence-corrected chi connectivity index (χ0v) is 25.2. The van der Waals surface area contributed by atoms with Crippen LogP contribution in [0.3, 0.4) is 0 Å². The summed E-state index contributed by atoms with van der Waals surface area (Å²) in [4.78, 5) is 69.8. The maximum atomic E-state index is 14.8. The Labute approximate surface area is 268 Å². The predicted molar refractivity (Wildman–Crippen MR) is 168 cm³/mol. The Kier molecular flexibility index (Phi) is 5.02. The van der Waals surface area contributed by atoms with Gasteiger partial charge in [-0.15, -0.1) is 0 Å². The van der Waals surface area contributed by atoms with Crippen LogP contribution in [0.1, 0.15) is 40.2 Å². The molecule has 9 aliphatic rings. The van der Waals surface area contributed by atoms with Crippen molar-refractivity contribution in [3.63, 3.8) is 0 Å². The first-order chi connectivity index (χ1) is 22.7. The van der Waals surface area contributed by atoms with Gasteiger partial charge < -0.3 is 0 Å². The third kappa shape index (κ3) is 3.09. The van der Waals surface area contributed by atoms with Crippen LogP contribution in [-0.4, -0.2) is 39.8 Å². The summed E-state index contributed by atoms with van der Waals surface area (Å²) < 4.78 is 0. The van der Waals surface area contributed by atoms with E-state index in [1.54, 1.807) is 19.2 Å². The zero-order chi connectivity index (χ0) is 32.1. The Hall–Kier alpha value is -5.25. The number of imide groups is 2. The molecule has 2 saturated carbocycles. The molecule has 0 spiro atoms. The predicted octanol–water partition coefficient (Wildman–Crippen LogP) is 4.49. The van der Waals surface area contributed by atoms with E-state index in [9.17, 15) is 29.3 Å². The van der Waals surface area contributed by atoms with E-state index in [0.717, 1.165) is 38.6 Å². The lowest BCUT2D eigenvalue weighted by Crippen LogP contribution is -2.55. The smallest absolute Gasteiger partial charge is 0.274 e. The molecule has 3 aromatic carbocycles. The van der Waals surface area contributed by atoms with Gasteiger partial charge in [0.05, 0.1) is 34.0 Å². The van der Waals surface area contributed by atoms with Crippen LogP contribution in [0.2, 0.25) is 0 Å². The number of aryl methyl sites for hydroxylation is 1. The van der Waals surface area contributed by atoms with Crippen LogP contribution >= 0.6 is 0 Å². The molecule has 8 atom stereocenters. The number of hydrogen-bond acceptors (Lipinski definition) is 7. The minimum absolute atomic E-state index is 0.0358. The van der Waals surface area contributed by atoms with Gasteiger partial charge in [-0.2, -0.15) is 10.1 Å². The van der Waals surface area contributed by atoms with Crippen molar-refractivity contribution in [1.29, 1.82) is 0 Å². The lowest BCUT2D eigenvalue weighted by molar-refractivity contribution is -0.384. The molecular weight excluding hydrogens is 596 g/mol. The van der Waals surface area contributed by atoms with Gasteiger partial charge in [0.1, 0.15) is 5.69 Å². The normalized spacial score (nSPS) is 36.5. The van der Waals surface area contributed by atoms with Crippen molar-refractivity contribution in [1.82, 2.24) is 5.01 Å². The minimum atomic E-state index is -1.32. The van der Waals surface area contributed by atoms with Gasteiger partial charge in [-0.25, -0.2) is 4.90 Å². The first-order valence-electron chi connectivity index (χ1n) is 16.2. The van der Waals surface area contributed by atoms with Crippen molar-refractivity contribution in [2.75, 3.05) is 4.90 Å². The number of carbonyl (C=O) groups is 4. The molecule has 10 heteroatoms. The number of hydrogen-bond donors (Lipinski definition) is 0.